The number of aromatic nitrogens is 1. The van der Waals surface area contributed by atoms with E-state index in [4.69, 9.17) is 5.41 Å². The van der Waals surface area contributed by atoms with E-state index in [1.165, 1.54) is 29.3 Å². The summed E-state index contributed by atoms with van der Waals surface area (Å²) in [5, 5.41) is 15.8. The summed E-state index contributed by atoms with van der Waals surface area (Å²) >= 11 is 1.34. The normalized spacial score (nSPS) is 20.2. The van der Waals surface area contributed by atoms with Gasteiger partial charge in [-0.05, 0) is 55.3 Å². The number of piperidine rings is 1. The van der Waals surface area contributed by atoms with Gasteiger partial charge in [0, 0.05) is 30.5 Å². The van der Waals surface area contributed by atoms with Gasteiger partial charge in [0.15, 0.2) is 11.0 Å². The fourth-order valence-corrected chi connectivity index (χ4v) is 4.80. The van der Waals surface area contributed by atoms with Gasteiger partial charge in [-0.3, -0.25) is 10.2 Å². The number of hydrazone groups is 1. The van der Waals surface area contributed by atoms with Crippen LogP contribution < -0.4 is 0 Å². The summed E-state index contributed by atoms with van der Waals surface area (Å²) < 4.78 is 15.9. The predicted octanol–water partition coefficient (Wildman–Crippen LogP) is 3.74. The molecule has 1 N–H and O–H groups in total. The first-order valence-corrected chi connectivity index (χ1v) is 11.1. The number of hydrogen-bond acceptors (Lipinski definition) is 5. The van der Waals surface area contributed by atoms with E-state index < -0.39 is 5.91 Å². The van der Waals surface area contributed by atoms with Gasteiger partial charge in [0.25, 0.3) is 5.91 Å². The van der Waals surface area contributed by atoms with Crippen LogP contribution in [-0.2, 0) is 11.3 Å². The average molecular weight is 437 g/mol. The third kappa shape index (κ3) is 3.81. The maximum Gasteiger partial charge on any atom is 0.283 e. The van der Waals surface area contributed by atoms with E-state index in [1.54, 1.807) is 24.3 Å². The molecule has 0 unspecified atom stereocenters. The molecule has 0 atom stereocenters. The quantitative estimate of drug-likeness (QED) is 0.744. The molecule has 4 heterocycles. The number of rotatable bonds is 3. The number of carbonyl (C=O) groups excluding carboxylic acids is 1. The number of likely N-dealkylation sites (tertiary alicyclic amines) is 1. The van der Waals surface area contributed by atoms with Crippen LogP contribution in [0.3, 0.4) is 0 Å². The topological polar surface area (TPSA) is 77.0 Å². The van der Waals surface area contributed by atoms with Gasteiger partial charge in [-0.1, -0.05) is 18.2 Å². The second-order valence-corrected chi connectivity index (χ2v) is 8.54. The maximum atomic E-state index is 14.1. The SMILES string of the molecule is N=C1/C(=C\c2cccn2Cc2ccccc2F)C(=O)N=C2SC(N3CCCCC3)=NN12. The third-order valence-corrected chi connectivity index (χ3v) is 6.50. The zero-order valence-corrected chi connectivity index (χ0v) is 17.6. The van der Waals surface area contributed by atoms with Gasteiger partial charge in [-0.25, -0.2) is 4.39 Å². The van der Waals surface area contributed by atoms with Crippen LogP contribution in [0.1, 0.15) is 30.5 Å². The Morgan fingerprint density at radius 2 is 1.90 bits per heavy atom. The Morgan fingerprint density at radius 1 is 1.10 bits per heavy atom. The predicted molar refractivity (Wildman–Crippen MR) is 120 cm³/mol. The van der Waals surface area contributed by atoms with Gasteiger partial charge in [0.2, 0.25) is 5.17 Å². The average Bonchev–Trinajstić information content (AvgIpc) is 3.40. The number of nitrogens with one attached hydrogen (secondary N) is 1. The number of hydrogen-bond donors (Lipinski definition) is 1. The molecule has 3 aliphatic rings. The highest BCUT2D eigenvalue weighted by Crippen LogP contribution is 2.30. The number of nitrogens with zero attached hydrogens (tertiary/aromatic N) is 5. The van der Waals surface area contributed by atoms with Gasteiger partial charge >= 0.3 is 0 Å². The highest BCUT2D eigenvalue weighted by molar-refractivity contribution is 8.26. The van der Waals surface area contributed by atoms with Crippen molar-refractivity contribution >= 4 is 39.9 Å². The van der Waals surface area contributed by atoms with Crippen LogP contribution in [0.4, 0.5) is 4.39 Å². The fraction of sp³-hybridized carbons (Fsp3) is 0.273. The Bertz CT molecular complexity index is 1140. The molecule has 0 saturated carbocycles. The molecule has 2 aromatic rings. The van der Waals surface area contributed by atoms with Crippen molar-refractivity contribution in [3.05, 3.63) is 65.2 Å². The minimum atomic E-state index is -0.461. The molecule has 0 spiro atoms. The maximum absolute atomic E-state index is 14.1. The van der Waals surface area contributed by atoms with Crippen LogP contribution in [0.2, 0.25) is 0 Å². The third-order valence-electron chi connectivity index (χ3n) is 5.53. The smallest absolute Gasteiger partial charge is 0.283 e. The molecule has 1 fully saturated rings. The molecule has 0 aliphatic carbocycles. The fourth-order valence-electron chi connectivity index (χ4n) is 3.86. The molecule has 1 aromatic heterocycles. The van der Waals surface area contributed by atoms with Gasteiger partial charge in [0.1, 0.15) is 5.82 Å². The molecule has 3 aliphatic heterocycles. The first-order valence-electron chi connectivity index (χ1n) is 10.2. The van der Waals surface area contributed by atoms with E-state index in [-0.39, 0.29) is 17.2 Å². The molecule has 5 rings (SSSR count). The Balaban J connectivity index is 1.41. The number of carbonyl (C=O) groups is 1. The van der Waals surface area contributed by atoms with Crippen LogP contribution in [0.5, 0.6) is 0 Å². The highest BCUT2D eigenvalue weighted by atomic mass is 32.2. The number of amidine groups is 3. The standard InChI is InChI=1S/C22H21FN6OS/c23-18-9-3-2-7-15(18)14-28-12-6-8-16(28)13-17-19(24)29-21(25-20(17)30)31-22(26-29)27-10-4-1-5-11-27/h2-3,6-9,12-13,24H,1,4-5,10-11,14H2/b17-13+,24-19?. The summed E-state index contributed by atoms with van der Waals surface area (Å²) in [5.74, 6) is -0.732. The monoisotopic (exact) mass is 436 g/mol. The first-order chi connectivity index (χ1) is 15.1. The lowest BCUT2D eigenvalue weighted by molar-refractivity contribution is -0.114. The van der Waals surface area contributed by atoms with Crippen molar-refractivity contribution < 1.29 is 9.18 Å². The summed E-state index contributed by atoms with van der Waals surface area (Å²) in [4.78, 5) is 19.1. The van der Waals surface area contributed by atoms with Gasteiger partial charge in [0.05, 0.1) is 12.1 Å². The Kier molecular flexibility index (Phi) is 5.19. The zero-order chi connectivity index (χ0) is 21.4. The van der Waals surface area contributed by atoms with Crippen molar-refractivity contribution in [3.8, 4) is 0 Å². The van der Waals surface area contributed by atoms with Crippen molar-refractivity contribution in [2.75, 3.05) is 13.1 Å². The van der Waals surface area contributed by atoms with E-state index in [9.17, 15) is 9.18 Å². The summed E-state index contributed by atoms with van der Waals surface area (Å²) in [6, 6.07) is 10.3. The zero-order valence-electron chi connectivity index (χ0n) is 16.8. The largest absolute Gasteiger partial charge is 0.349 e. The molecular formula is C22H21FN6OS. The van der Waals surface area contributed by atoms with Gasteiger partial charge in [-0.15, -0.1) is 5.10 Å². The Labute approximate surface area is 183 Å². The molecule has 31 heavy (non-hydrogen) atoms. The van der Waals surface area contributed by atoms with Crippen LogP contribution >= 0.6 is 11.8 Å². The number of fused-ring (bicyclic) bond motifs is 1. The van der Waals surface area contributed by atoms with E-state index >= 15 is 0 Å². The number of aliphatic imine (C=N–C) groups is 1. The molecule has 0 radical (unpaired) electrons. The number of amides is 1. The summed E-state index contributed by atoms with van der Waals surface area (Å²) in [7, 11) is 0. The molecule has 1 amide bonds. The minimum Gasteiger partial charge on any atom is -0.349 e. The van der Waals surface area contributed by atoms with Gasteiger partial charge < -0.3 is 9.47 Å². The van der Waals surface area contributed by atoms with E-state index in [0.717, 1.165) is 31.1 Å². The number of halogens is 1. The molecule has 158 valence electrons. The van der Waals surface area contributed by atoms with Gasteiger partial charge in [-0.2, -0.15) is 10.0 Å². The lowest BCUT2D eigenvalue weighted by Gasteiger charge is -2.26. The molecule has 1 aromatic carbocycles. The minimum absolute atomic E-state index is 0.00755. The Hall–Kier alpha value is -3.20. The molecule has 0 bridgehead atoms. The van der Waals surface area contributed by atoms with Crippen molar-refractivity contribution in [2.24, 2.45) is 10.1 Å². The number of benzene rings is 1. The van der Waals surface area contributed by atoms with Crippen LogP contribution in [0, 0.1) is 11.2 Å². The van der Waals surface area contributed by atoms with Crippen molar-refractivity contribution in [1.82, 2.24) is 14.5 Å². The van der Waals surface area contributed by atoms with Crippen molar-refractivity contribution in [3.63, 3.8) is 0 Å². The lowest BCUT2D eigenvalue weighted by atomic mass is 10.1. The van der Waals surface area contributed by atoms with Crippen LogP contribution in [-0.4, -0.2) is 49.6 Å². The van der Waals surface area contributed by atoms with Crippen molar-refractivity contribution in [1.29, 1.82) is 5.41 Å². The van der Waals surface area contributed by atoms with Crippen LogP contribution in [0.15, 0.2) is 58.3 Å². The first kappa shape index (κ1) is 19.7. The second kappa shape index (κ2) is 8.14. The Morgan fingerprint density at radius 3 is 2.71 bits per heavy atom. The molecule has 1 saturated heterocycles. The highest BCUT2D eigenvalue weighted by Gasteiger charge is 2.37. The molecule has 7 nitrogen and oxygen atoms in total. The number of thioether (sulfide) groups is 1. The summed E-state index contributed by atoms with van der Waals surface area (Å²) in [6.45, 7) is 2.19. The van der Waals surface area contributed by atoms with E-state index in [1.807, 2.05) is 22.9 Å². The van der Waals surface area contributed by atoms with Crippen LogP contribution in [0.25, 0.3) is 6.08 Å². The molecular weight excluding hydrogens is 415 g/mol. The summed E-state index contributed by atoms with van der Waals surface area (Å²) in [6.07, 6.45) is 6.90. The second-order valence-electron chi connectivity index (χ2n) is 7.60. The lowest BCUT2D eigenvalue weighted by Crippen LogP contribution is -2.35. The van der Waals surface area contributed by atoms with Crippen molar-refractivity contribution in [2.45, 2.75) is 25.8 Å². The summed E-state index contributed by atoms with van der Waals surface area (Å²) in [5.41, 5.74) is 1.42. The molecule has 9 heteroatoms. The van der Waals surface area contributed by atoms with E-state index in [2.05, 4.69) is 15.0 Å². The van der Waals surface area contributed by atoms with E-state index in [0.29, 0.717) is 23.0 Å².